The second-order valence-electron chi connectivity index (χ2n) is 10.6. The number of hydrogen-bond acceptors (Lipinski definition) is 4. The molecule has 41 heavy (non-hydrogen) atoms. The molecule has 1 amide bonds. The fourth-order valence-electron chi connectivity index (χ4n) is 5.38. The van der Waals surface area contributed by atoms with E-state index in [1.54, 1.807) is 6.07 Å². The molecule has 1 aliphatic carbocycles. The maximum Gasteiger partial charge on any atom is 0.412 e. The van der Waals surface area contributed by atoms with Crippen LogP contribution in [0.1, 0.15) is 50.3 Å². The Balaban J connectivity index is 1.27. The van der Waals surface area contributed by atoms with Crippen molar-refractivity contribution in [2.24, 2.45) is 0 Å². The first-order chi connectivity index (χ1) is 20.0. The number of nitrogens with zero attached hydrogens (tertiary/aromatic N) is 1. The van der Waals surface area contributed by atoms with Gasteiger partial charge >= 0.3 is 6.09 Å². The van der Waals surface area contributed by atoms with Crippen molar-refractivity contribution in [3.8, 4) is 32.8 Å². The van der Waals surface area contributed by atoms with Crippen molar-refractivity contribution in [1.82, 2.24) is 4.37 Å². The van der Waals surface area contributed by atoms with Crippen molar-refractivity contribution in [3.05, 3.63) is 119 Å². The second kappa shape index (κ2) is 11.5. The van der Waals surface area contributed by atoms with Gasteiger partial charge < -0.3 is 4.74 Å². The summed E-state index contributed by atoms with van der Waals surface area (Å²) >= 11 is 7.69. The topological polar surface area (TPSA) is 51.2 Å². The van der Waals surface area contributed by atoms with Gasteiger partial charge in [0, 0.05) is 16.1 Å². The highest BCUT2D eigenvalue weighted by molar-refractivity contribution is 7.10. The van der Waals surface area contributed by atoms with E-state index in [4.69, 9.17) is 20.7 Å². The minimum Gasteiger partial charge on any atom is -0.441 e. The Morgan fingerprint density at radius 3 is 2.12 bits per heavy atom. The number of aromatic nitrogens is 1. The van der Waals surface area contributed by atoms with Gasteiger partial charge in [0.1, 0.15) is 11.8 Å². The van der Waals surface area contributed by atoms with Crippen LogP contribution in [0.15, 0.2) is 103 Å². The molecular weight excluding hydrogens is 548 g/mol. The van der Waals surface area contributed by atoms with Crippen molar-refractivity contribution in [2.75, 3.05) is 5.32 Å². The van der Waals surface area contributed by atoms with Gasteiger partial charge in [0.2, 0.25) is 0 Å². The van der Waals surface area contributed by atoms with E-state index in [1.807, 2.05) is 55.5 Å². The van der Waals surface area contributed by atoms with Crippen LogP contribution in [0.5, 0.6) is 0 Å². The van der Waals surface area contributed by atoms with E-state index in [0.717, 1.165) is 27.1 Å². The van der Waals surface area contributed by atoms with Gasteiger partial charge in [-0.05, 0) is 71.5 Å². The minimum atomic E-state index is -0.562. The molecule has 4 nitrogen and oxygen atoms in total. The van der Waals surface area contributed by atoms with E-state index in [1.165, 1.54) is 41.9 Å². The summed E-state index contributed by atoms with van der Waals surface area (Å²) in [6.07, 6.45) is 2.70. The van der Waals surface area contributed by atoms with E-state index in [2.05, 4.69) is 60.8 Å². The predicted molar refractivity (Wildman–Crippen MR) is 170 cm³/mol. The van der Waals surface area contributed by atoms with Crippen LogP contribution in [0.4, 0.5) is 10.5 Å². The average Bonchev–Trinajstić information content (AvgIpc) is 3.71. The average molecular weight is 579 g/mol. The van der Waals surface area contributed by atoms with Crippen LogP contribution < -0.4 is 5.32 Å². The molecule has 1 saturated carbocycles. The maximum absolute atomic E-state index is 13.1. The summed E-state index contributed by atoms with van der Waals surface area (Å²) in [7, 11) is 0. The Morgan fingerprint density at radius 2 is 1.49 bits per heavy atom. The Kier molecular flexibility index (Phi) is 7.65. The van der Waals surface area contributed by atoms with E-state index >= 15 is 0 Å². The monoisotopic (exact) mass is 578 g/mol. The lowest BCUT2D eigenvalue weighted by Gasteiger charge is -2.16. The number of rotatable bonds is 8. The van der Waals surface area contributed by atoms with Gasteiger partial charge in [-0.3, -0.25) is 5.32 Å². The first-order valence-corrected chi connectivity index (χ1v) is 15.1. The summed E-state index contributed by atoms with van der Waals surface area (Å²) in [4.78, 5) is 14.0. The zero-order chi connectivity index (χ0) is 28.4. The third-order valence-corrected chi connectivity index (χ3v) is 9.34. The second-order valence-corrected chi connectivity index (χ2v) is 11.8. The number of halogens is 1. The number of ether oxygens (including phenoxy) is 1. The summed E-state index contributed by atoms with van der Waals surface area (Å²) in [5.41, 5.74) is 8.17. The number of nitrogens with one attached hydrogen (secondary N) is 1. The van der Waals surface area contributed by atoms with E-state index in [9.17, 15) is 4.79 Å². The van der Waals surface area contributed by atoms with Crippen LogP contribution in [-0.2, 0) is 10.2 Å². The Morgan fingerprint density at radius 1 is 0.878 bits per heavy atom. The quantitative estimate of drug-likeness (QED) is 0.199. The fourth-order valence-corrected chi connectivity index (χ4v) is 6.53. The van der Waals surface area contributed by atoms with Gasteiger partial charge in [0.25, 0.3) is 0 Å². The first-order valence-electron chi connectivity index (χ1n) is 14.0. The molecule has 1 aromatic heterocycles. The van der Waals surface area contributed by atoms with Gasteiger partial charge in [0.15, 0.2) is 0 Å². The molecule has 0 unspecified atom stereocenters. The molecule has 206 valence electrons. The van der Waals surface area contributed by atoms with Gasteiger partial charge in [-0.25, -0.2) is 4.79 Å². The van der Waals surface area contributed by atoms with Crippen molar-refractivity contribution >= 4 is 34.9 Å². The van der Waals surface area contributed by atoms with Crippen LogP contribution in [0.25, 0.3) is 32.8 Å². The molecule has 1 atom stereocenters. The summed E-state index contributed by atoms with van der Waals surface area (Å²) < 4.78 is 10.5. The summed E-state index contributed by atoms with van der Waals surface area (Å²) in [6.45, 7) is 4.09. The number of benzene rings is 4. The predicted octanol–water partition coefficient (Wildman–Crippen LogP) is 10.5. The lowest BCUT2D eigenvalue weighted by molar-refractivity contribution is 0.121. The van der Waals surface area contributed by atoms with Crippen molar-refractivity contribution in [1.29, 1.82) is 0 Å². The van der Waals surface area contributed by atoms with Crippen LogP contribution >= 0.6 is 23.1 Å². The number of anilines is 1. The number of amides is 1. The molecule has 5 aromatic rings. The summed E-state index contributed by atoms with van der Waals surface area (Å²) in [5, 5.41) is 3.56. The molecule has 1 fully saturated rings. The lowest BCUT2D eigenvalue weighted by atomic mass is 9.91. The fraction of sp³-hybridized carbons (Fsp3) is 0.200. The normalized spacial score (nSPS) is 14.3. The van der Waals surface area contributed by atoms with Crippen LogP contribution in [0.3, 0.4) is 0 Å². The summed E-state index contributed by atoms with van der Waals surface area (Å²) in [6, 6.07) is 34.7. The maximum atomic E-state index is 13.1. The van der Waals surface area contributed by atoms with Gasteiger partial charge in [-0.2, -0.15) is 4.37 Å². The largest absolute Gasteiger partial charge is 0.441 e. The molecule has 4 aromatic carbocycles. The number of carbonyl (C=O) groups excluding carboxylic acids is 1. The molecule has 1 N–H and O–H groups in total. The number of hydrogen-bond donors (Lipinski definition) is 1. The highest BCUT2D eigenvalue weighted by atomic mass is 35.5. The zero-order valence-electron chi connectivity index (χ0n) is 23.1. The van der Waals surface area contributed by atoms with Crippen molar-refractivity contribution < 1.29 is 9.53 Å². The standard InChI is InChI=1S/C35H31ClN2O2S/c1-3-35(21-22-35)28-19-17-25(18-20-28)24-13-15-27(16-14-24)33-32(31(38-41-33)26-9-5-4-6-10-26)37-34(39)40-23(2)29-11-7-8-12-30(29)36/h4-20,23H,3,21-22H2,1-2H3,(H,37,39)/t23-/m1/s1. The molecule has 0 aliphatic heterocycles. The van der Waals surface area contributed by atoms with Crippen LogP contribution in [0.2, 0.25) is 5.02 Å². The van der Waals surface area contributed by atoms with Gasteiger partial charge in [-0.1, -0.05) is 116 Å². The first kappa shape index (κ1) is 27.3. The van der Waals surface area contributed by atoms with Crippen LogP contribution in [-0.4, -0.2) is 10.5 Å². The zero-order valence-corrected chi connectivity index (χ0v) is 24.6. The third kappa shape index (κ3) is 5.65. The summed E-state index contributed by atoms with van der Waals surface area (Å²) in [5.74, 6) is 0. The van der Waals surface area contributed by atoms with Crippen LogP contribution in [0, 0.1) is 0 Å². The van der Waals surface area contributed by atoms with E-state index < -0.39 is 12.2 Å². The smallest absolute Gasteiger partial charge is 0.412 e. The van der Waals surface area contributed by atoms with Crippen molar-refractivity contribution in [3.63, 3.8) is 0 Å². The molecule has 0 spiro atoms. The molecular formula is C35H31ClN2O2S. The minimum absolute atomic E-state index is 0.403. The third-order valence-electron chi connectivity index (χ3n) is 8.10. The van der Waals surface area contributed by atoms with Gasteiger partial charge in [0.05, 0.1) is 10.6 Å². The van der Waals surface area contributed by atoms with E-state index in [0.29, 0.717) is 21.8 Å². The Bertz CT molecular complexity index is 1660. The van der Waals surface area contributed by atoms with Gasteiger partial charge in [-0.15, -0.1) is 0 Å². The number of carbonyl (C=O) groups is 1. The molecule has 0 saturated heterocycles. The Hall–Kier alpha value is -3.93. The molecule has 1 aliphatic rings. The van der Waals surface area contributed by atoms with E-state index in [-0.39, 0.29) is 0 Å². The molecule has 6 rings (SSSR count). The molecule has 0 bridgehead atoms. The highest BCUT2D eigenvalue weighted by Crippen LogP contribution is 2.51. The lowest BCUT2D eigenvalue weighted by Crippen LogP contribution is -2.16. The highest BCUT2D eigenvalue weighted by Gasteiger charge is 2.42. The SMILES string of the molecule is CCC1(c2ccc(-c3ccc(-c4snc(-c5ccccc5)c4NC(=O)O[C@H](C)c4ccccc4Cl)cc3)cc2)CC1. The molecule has 6 heteroatoms. The van der Waals surface area contributed by atoms with Crippen molar-refractivity contribution in [2.45, 2.75) is 44.6 Å². The molecule has 1 heterocycles. The Labute approximate surface area is 250 Å². The molecule has 0 radical (unpaired) electrons.